The van der Waals surface area contributed by atoms with Gasteiger partial charge in [-0.2, -0.15) is 0 Å². The normalized spacial score (nSPS) is 24.7. The van der Waals surface area contributed by atoms with Crippen LogP contribution in [0.25, 0.3) is 0 Å². The van der Waals surface area contributed by atoms with E-state index in [1.54, 1.807) is 0 Å². The number of nitrogens with one attached hydrogen (secondary N) is 1. The molecule has 1 atom stereocenters. The summed E-state index contributed by atoms with van der Waals surface area (Å²) in [7, 11) is 2.19. The summed E-state index contributed by atoms with van der Waals surface area (Å²) in [4.78, 5) is 2.40. The fourth-order valence-electron chi connectivity index (χ4n) is 1.68. The van der Waals surface area contributed by atoms with Gasteiger partial charge in [-0.1, -0.05) is 12.2 Å². The highest BCUT2D eigenvalue weighted by atomic mass is 15.1. The highest BCUT2D eigenvalue weighted by molar-refractivity contribution is 4.91. The zero-order chi connectivity index (χ0) is 8.97. The zero-order valence-electron chi connectivity index (χ0n) is 8.27. The molecule has 2 nitrogen and oxygen atoms in total. The maximum absolute atomic E-state index is 3.86. The van der Waals surface area contributed by atoms with Gasteiger partial charge in [-0.25, -0.2) is 0 Å². The van der Waals surface area contributed by atoms with Gasteiger partial charge in [-0.15, -0.1) is 0 Å². The predicted molar refractivity (Wildman–Crippen MR) is 53.3 cm³/mol. The molecule has 1 rings (SSSR count). The van der Waals surface area contributed by atoms with Gasteiger partial charge < -0.3 is 10.2 Å². The van der Waals surface area contributed by atoms with Crippen LogP contribution in [0.15, 0.2) is 12.2 Å². The molecular weight excluding hydrogens is 148 g/mol. The van der Waals surface area contributed by atoms with E-state index in [9.17, 15) is 0 Å². The van der Waals surface area contributed by atoms with Crippen LogP contribution in [0.3, 0.4) is 0 Å². The summed E-state index contributed by atoms with van der Waals surface area (Å²) in [6.07, 6.45) is 1.35. The number of rotatable bonds is 4. The van der Waals surface area contributed by atoms with Gasteiger partial charge in [-0.3, -0.25) is 0 Å². The van der Waals surface area contributed by atoms with Gasteiger partial charge in [-0.05, 0) is 39.4 Å². The van der Waals surface area contributed by atoms with E-state index in [1.807, 2.05) is 0 Å². The molecule has 0 aromatic heterocycles. The van der Waals surface area contributed by atoms with E-state index >= 15 is 0 Å². The fraction of sp³-hybridized carbons (Fsp3) is 0.800. The van der Waals surface area contributed by atoms with E-state index in [0.717, 1.165) is 19.0 Å². The van der Waals surface area contributed by atoms with Crippen LogP contribution in [-0.2, 0) is 0 Å². The Kier molecular flexibility index (Phi) is 3.76. The Morgan fingerprint density at radius 3 is 2.92 bits per heavy atom. The van der Waals surface area contributed by atoms with Gasteiger partial charge in [0.2, 0.25) is 0 Å². The molecule has 0 saturated carbocycles. The van der Waals surface area contributed by atoms with Crippen molar-refractivity contribution in [2.75, 3.05) is 33.2 Å². The molecule has 12 heavy (non-hydrogen) atoms. The summed E-state index contributed by atoms with van der Waals surface area (Å²) >= 11 is 0. The van der Waals surface area contributed by atoms with Gasteiger partial charge in [0.1, 0.15) is 0 Å². The number of hydrogen-bond donors (Lipinski definition) is 1. The molecule has 70 valence electrons. The van der Waals surface area contributed by atoms with Gasteiger partial charge in [0.15, 0.2) is 0 Å². The van der Waals surface area contributed by atoms with Crippen molar-refractivity contribution in [3.05, 3.63) is 12.2 Å². The van der Waals surface area contributed by atoms with Crippen LogP contribution >= 0.6 is 0 Å². The Bertz CT molecular complexity index is 154. The molecule has 0 radical (unpaired) electrons. The summed E-state index contributed by atoms with van der Waals surface area (Å²) in [6, 6.07) is 0. The Balaban J connectivity index is 2.04. The van der Waals surface area contributed by atoms with Crippen molar-refractivity contribution in [3.63, 3.8) is 0 Å². The second-order valence-electron chi connectivity index (χ2n) is 4.00. The third-order valence-corrected chi connectivity index (χ3v) is 2.35. The molecule has 2 heteroatoms. The van der Waals surface area contributed by atoms with Crippen LogP contribution in [0.4, 0.5) is 0 Å². The summed E-state index contributed by atoms with van der Waals surface area (Å²) in [5.74, 6) is 0.856. The summed E-state index contributed by atoms with van der Waals surface area (Å²) in [5, 5.41) is 3.42. The molecule has 1 aliphatic heterocycles. The molecule has 1 heterocycles. The zero-order valence-corrected chi connectivity index (χ0v) is 8.27. The van der Waals surface area contributed by atoms with Crippen LogP contribution in [0, 0.1) is 5.92 Å². The molecule has 0 aromatic carbocycles. The first-order valence-electron chi connectivity index (χ1n) is 4.72. The van der Waals surface area contributed by atoms with Crippen LogP contribution in [0.2, 0.25) is 0 Å². The lowest BCUT2D eigenvalue weighted by molar-refractivity contribution is 0.390. The second kappa shape index (κ2) is 4.63. The molecule has 0 amide bonds. The van der Waals surface area contributed by atoms with Crippen LogP contribution in [0.1, 0.15) is 13.3 Å². The van der Waals surface area contributed by atoms with Gasteiger partial charge in [0.25, 0.3) is 0 Å². The predicted octanol–water partition coefficient (Wildman–Crippen LogP) is 1.10. The maximum atomic E-state index is 3.86. The topological polar surface area (TPSA) is 15.3 Å². The minimum atomic E-state index is 0.856. The van der Waals surface area contributed by atoms with E-state index < -0.39 is 0 Å². The van der Waals surface area contributed by atoms with Crippen molar-refractivity contribution in [3.8, 4) is 0 Å². The van der Waals surface area contributed by atoms with Crippen LogP contribution in [-0.4, -0.2) is 38.1 Å². The average Bonchev–Trinajstić information content (AvgIpc) is 2.35. The lowest BCUT2D eigenvalue weighted by Gasteiger charge is -2.11. The molecule has 0 spiro atoms. The van der Waals surface area contributed by atoms with Crippen LogP contribution in [0.5, 0.6) is 0 Å². The van der Waals surface area contributed by atoms with Crippen molar-refractivity contribution in [2.24, 2.45) is 5.92 Å². The Labute approximate surface area is 75.6 Å². The molecule has 1 aliphatic rings. The first-order valence-corrected chi connectivity index (χ1v) is 4.72. The SMILES string of the molecule is C=C(C)CNCC1CCN(C)C1. The minimum Gasteiger partial charge on any atom is -0.313 e. The number of hydrogen-bond acceptors (Lipinski definition) is 2. The van der Waals surface area contributed by atoms with Crippen molar-refractivity contribution >= 4 is 0 Å². The van der Waals surface area contributed by atoms with Crippen molar-refractivity contribution in [2.45, 2.75) is 13.3 Å². The standard InChI is InChI=1S/C10H20N2/c1-9(2)6-11-7-10-4-5-12(3)8-10/h10-11H,1,4-8H2,2-3H3. The molecule has 1 unspecified atom stereocenters. The summed E-state index contributed by atoms with van der Waals surface area (Å²) in [6.45, 7) is 10.6. The number of likely N-dealkylation sites (tertiary alicyclic amines) is 1. The monoisotopic (exact) mass is 168 g/mol. The lowest BCUT2D eigenvalue weighted by atomic mass is 10.1. The molecule has 0 bridgehead atoms. The van der Waals surface area contributed by atoms with Crippen molar-refractivity contribution in [1.29, 1.82) is 0 Å². The smallest absolute Gasteiger partial charge is 0.0159 e. The van der Waals surface area contributed by atoms with Gasteiger partial charge in [0.05, 0.1) is 0 Å². The Morgan fingerprint density at radius 1 is 1.67 bits per heavy atom. The molecule has 1 N–H and O–H groups in total. The highest BCUT2D eigenvalue weighted by Crippen LogP contribution is 2.12. The molecular formula is C10H20N2. The highest BCUT2D eigenvalue weighted by Gasteiger charge is 2.18. The largest absolute Gasteiger partial charge is 0.313 e. The lowest BCUT2D eigenvalue weighted by Crippen LogP contribution is -2.26. The van der Waals surface area contributed by atoms with E-state index in [-0.39, 0.29) is 0 Å². The molecule has 1 fully saturated rings. The quantitative estimate of drug-likeness (QED) is 0.632. The maximum Gasteiger partial charge on any atom is 0.0159 e. The fourth-order valence-corrected chi connectivity index (χ4v) is 1.68. The van der Waals surface area contributed by atoms with E-state index in [4.69, 9.17) is 0 Å². The Morgan fingerprint density at radius 2 is 2.42 bits per heavy atom. The first-order chi connectivity index (χ1) is 5.68. The minimum absolute atomic E-state index is 0.856. The summed E-state index contributed by atoms with van der Waals surface area (Å²) in [5.41, 5.74) is 1.22. The van der Waals surface area contributed by atoms with E-state index in [2.05, 4.69) is 30.8 Å². The first kappa shape index (κ1) is 9.75. The van der Waals surface area contributed by atoms with Crippen LogP contribution < -0.4 is 5.32 Å². The molecule has 0 aromatic rings. The molecule has 0 aliphatic carbocycles. The van der Waals surface area contributed by atoms with E-state index in [0.29, 0.717) is 0 Å². The Hall–Kier alpha value is -0.340. The second-order valence-corrected chi connectivity index (χ2v) is 4.00. The number of nitrogens with zero attached hydrogens (tertiary/aromatic N) is 1. The third kappa shape index (κ3) is 3.37. The molecule has 1 saturated heterocycles. The average molecular weight is 168 g/mol. The van der Waals surface area contributed by atoms with E-state index in [1.165, 1.54) is 25.1 Å². The van der Waals surface area contributed by atoms with Crippen molar-refractivity contribution < 1.29 is 0 Å². The summed E-state index contributed by atoms with van der Waals surface area (Å²) < 4.78 is 0. The van der Waals surface area contributed by atoms with Gasteiger partial charge >= 0.3 is 0 Å². The van der Waals surface area contributed by atoms with Gasteiger partial charge in [0, 0.05) is 13.1 Å². The third-order valence-electron chi connectivity index (χ3n) is 2.35. The van der Waals surface area contributed by atoms with Crippen molar-refractivity contribution in [1.82, 2.24) is 10.2 Å².